The molecule has 2 heterocycles. The van der Waals surface area contributed by atoms with Gasteiger partial charge in [-0.25, -0.2) is 0 Å². The van der Waals surface area contributed by atoms with Crippen LogP contribution in [0.4, 0.5) is 5.69 Å². The van der Waals surface area contributed by atoms with Crippen molar-refractivity contribution < 1.29 is 5.11 Å². The summed E-state index contributed by atoms with van der Waals surface area (Å²) in [5, 5.41) is 9.76. The highest BCUT2D eigenvalue weighted by Gasteiger charge is 2.21. The third-order valence-corrected chi connectivity index (χ3v) is 4.92. The average molecular weight is 310 g/mol. The smallest absolute Gasteiger partial charge is 0.0731 e. The SMILES string of the molecule is CCc1cccc(CC)c1-c1cc(N2CCC2)c(CO)c(C)n1. The van der Waals surface area contributed by atoms with Crippen LogP contribution in [0.2, 0.25) is 0 Å². The lowest BCUT2D eigenvalue weighted by atomic mass is 9.93. The average Bonchev–Trinajstić information content (AvgIpc) is 2.52. The number of aryl methyl sites for hydroxylation is 3. The Hall–Kier alpha value is -1.87. The Morgan fingerprint density at radius 3 is 2.26 bits per heavy atom. The lowest BCUT2D eigenvalue weighted by molar-refractivity contribution is 0.280. The third-order valence-electron chi connectivity index (χ3n) is 4.92. The first kappa shape index (κ1) is 16.0. The van der Waals surface area contributed by atoms with Gasteiger partial charge < -0.3 is 10.0 Å². The molecule has 0 spiro atoms. The summed E-state index contributed by atoms with van der Waals surface area (Å²) in [7, 11) is 0. The standard InChI is InChI=1S/C20H26N2O/c1-4-15-8-6-9-16(5-2)20(15)18-12-19(22-10-7-11-22)17(13-23)14(3)21-18/h6,8-9,12,23H,4-5,7,10-11,13H2,1-3H3. The number of hydrogen-bond donors (Lipinski definition) is 1. The Kier molecular flexibility index (Phi) is 4.67. The van der Waals surface area contributed by atoms with E-state index in [0.717, 1.165) is 48.6 Å². The fourth-order valence-corrected chi connectivity index (χ4v) is 3.42. The van der Waals surface area contributed by atoms with Gasteiger partial charge in [0.1, 0.15) is 0 Å². The molecule has 0 amide bonds. The van der Waals surface area contributed by atoms with Gasteiger partial charge in [-0.1, -0.05) is 32.0 Å². The van der Waals surface area contributed by atoms with Crippen molar-refractivity contribution in [1.29, 1.82) is 0 Å². The van der Waals surface area contributed by atoms with Gasteiger partial charge in [0.15, 0.2) is 0 Å². The van der Waals surface area contributed by atoms with Crippen molar-refractivity contribution in [2.75, 3.05) is 18.0 Å². The van der Waals surface area contributed by atoms with Crippen molar-refractivity contribution in [2.45, 2.75) is 46.6 Å². The van der Waals surface area contributed by atoms with E-state index in [9.17, 15) is 5.11 Å². The monoisotopic (exact) mass is 310 g/mol. The second-order valence-electron chi connectivity index (χ2n) is 6.25. The zero-order valence-electron chi connectivity index (χ0n) is 14.4. The number of aliphatic hydroxyl groups excluding tert-OH is 1. The zero-order chi connectivity index (χ0) is 16.4. The van der Waals surface area contributed by atoms with Crippen LogP contribution in [-0.2, 0) is 19.4 Å². The lowest BCUT2D eigenvalue weighted by Gasteiger charge is -2.35. The summed E-state index contributed by atoms with van der Waals surface area (Å²) >= 11 is 0. The maximum absolute atomic E-state index is 9.76. The highest BCUT2D eigenvalue weighted by molar-refractivity contribution is 5.73. The van der Waals surface area contributed by atoms with Crippen LogP contribution < -0.4 is 4.90 Å². The van der Waals surface area contributed by atoms with Gasteiger partial charge in [0, 0.05) is 35.6 Å². The van der Waals surface area contributed by atoms with E-state index >= 15 is 0 Å². The van der Waals surface area contributed by atoms with E-state index in [2.05, 4.69) is 43.0 Å². The first-order valence-corrected chi connectivity index (χ1v) is 8.67. The predicted octanol–water partition coefficient (Wildman–Crippen LogP) is 3.88. The lowest BCUT2D eigenvalue weighted by Crippen LogP contribution is -2.38. The molecule has 122 valence electrons. The number of rotatable bonds is 5. The van der Waals surface area contributed by atoms with Gasteiger partial charge in [-0.2, -0.15) is 0 Å². The highest BCUT2D eigenvalue weighted by atomic mass is 16.3. The molecule has 3 nitrogen and oxygen atoms in total. The second kappa shape index (κ2) is 6.71. The molecule has 3 heteroatoms. The van der Waals surface area contributed by atoms with Crippen LogP contribution in [0.3, 0.4) is 0 Å². The second-order valence-corrected chi connectivity index (χ2v) is 6.25. The van der Waals surface area contributed by atoms with Crippen LogP contribution in [0.25, 0.3) is 11.3 Å². The molecular weight excluding hydrogens is 284 g/mol. The maximum atomic E-state index is 9.76. The van der Waals surface area contributed by atoms with Crippen LogP contribution in [0, 0.1) is 6.92 Å². The number of pyridine rings is 1. The minimum Gasteiger partial charge on any atom is -0.392 e. The van der Waals surface area contributed by atoms with Gasteiger partial charge in [-0.05, 0) is 43.4 Å². The molecule has 2 aromatic rings. The predicted molar refractivity (Wildman–Crippen MR) is 95.9 cm³/mol. The largest absolute Gasteiger partial charge is 0.392 e. The molecule has 1 N–H and O–H groups in total. The van der Waals surface area contributed by atoms with Crippen molar-refractivity contribution in [1.82, 2.24) is 4.98 Å². The molecule has 0 atom stereocenters. The molecular formula is C20H26N2O. The van der Waals surface area contributed by atoms with Crippen molar-refractivity contribution in [2.24, 2.45) is 0 Å². The van der Waals surface area contributed by atoms with Gasteiger partial charge >= 0.3 is 0 Å². The molecule has 3 rings (SSSR count). The molecule has 1 saturated heterocycles. The number of benzene rings is 1. The van der Waals surface area contributed by atoms with Gasteiger partial charge in [-0.3, -0.25) is 4.98 Å². The molecule has 0 bridgehead atoms. The van der Waals surface area contributed by atoms with Gasteiger partial charge in [0.25, 0.3) is 0 Å². The van der Waals surface area contributed by atoms with E-state index in [1.54, 1.807) is 0 Å². The molecule has 1 aromatic carbocycles. The van der Waals surface area contributed by atoms with Crippen molar-refractivity contribution in [3.63, 3.8) is 0 Å². The highest BCUT2D eigenvalue weighted by Crippen LogP contribution is 2.34. The fraction of sp³-hybridized carbons (Fsp3) is 0.450. The van der Waals surface area contributed by atoms with E-state index in [-0.39, 0.29) is 6.61 Å². The molecule has 23 heavy (non-hydrogen) atoms. The molecule has 0 saturated carbocycles. The topological polar surface area (TPSA) is 36.4 Å². The Morgan fingerprint density at radius 2 is 1.78 bits per heavy atom. The van der Waals surface area contributed by atoms with E-state index < -0.39 is 0 Å². The minimum atomic E-state index is 0.0566. The Morgan fingerprint density at radius 1 is 1.13 bits per heavy atom. The summed E-state index contributed by atoms with van der Waals surface area (Å²) in [6, 6.07) is 8.74. The first-order valence-electron chi connectivity index (χ1n) is 8.67. The van der Waals surface area contributed by atoms with Crippen LogP contribution >= 0.6 is 0 Å². The van der Waals surface area contributed by atoms with E-state index in [4.69, 9.17) is 4.98 Å². The van der Waals surface area contributed by atoms with E-state index in [1.165, 1.54) is 23.1 Å². The number of aliphatic hydroxyl groups is 1. The number of hydrogen-bond acceptors (Lipinski definition) is 3. The van der Waals surface area contributed by atoms with E-state index in [1.807, 2.05) is 6.92 Å². The fourth-order valence-electron chi connectivity index (χ4n) is 3.42. The molecule has 0 unspecified atom stereocenters. The van der Waals surface area contributed by atoms with Crippen LogP contribution in [0.15, 0.2) is 24.3 Å². The van der Waals surface area contributed by atoms with Gasteiger partial charge in [0.05, 0.1) is 12.3 Å². The third kappa shape index (κ3) is 2.86. The van der Waals surface area contributed by atoms with Crippen LogP contribution in [0.5, 0.6) is 0 Å². The summed E-state index contributed by atoms with van der Waals surface area (Å²) in [4.78, 5) is 7.20. The van der Waals surface area contributed by atoms with Crippen molar-refractivity contribution in [3.8, 4) is 11.3 Å². The van der Waals surface area contributed by atoms with Crippen molar-refractivity contribution >= 4 is 5.69 Å². The van der Waals surface area contributed by atoms with E-state index in [0.29, 0.717) is 0 Å². The number of nitrogens with zero attached hydrogens (tertiary/aromatic N) is 2. The minimum absolute atomic E-state index is 0.0566. The Balaban J connectivity index is 2.19. The quantitative estimate of drug-likeness (QED) is 0.910. The Bertz CT molecular complexity index is 683. The molecule has 1 aromatic heterocycles. The molecule has 1 fully saturated rings. The molecule has 1 aliphatic heterocycles. The van der Waals surface area contributed by atoms with Crippen LogP contribution in [0.1, 0.15) is 42.7 Å². The summed E-state index contributed by atoms with van der Waals surface area (Å²) in [6.45, 7) is 8.62. The molecule has 0 radical (unpaired) electrons. The first-order chi connectivity index (χ1) is 11.2. The summed E-state index contributed by atoms with van der Waals surface area (Å²) in [6.07, 6.45) is 3.24. The summed E-state index contributed by atoms with van der Waals surface area (Å²) < 4.78 is 0. The van der Waals surface area contributed by atoms with Gasteiger partial charge in [0.2, 0.25) is 0 Å². The number of anilines is 1. The van der Waals surface area contributed by atoms with Gasteiger partial charge in [-0.15, -0.1) is 0 Å². The zero-order valence-corrected chi connectivity index (χ0v) is 14.4. The molecule has 0 aliphatic carbocycles. The number of aromatic nitrogens is 1. The molecule has 1 aliphatic rings. The van der Waals surface area contributed by atoms with Crippen LogP contribution in [-0.4, -0.2) is 23.2 Å². The normalized spacial score (nSPS) is 14.0. The maximum Gasteiger partial charge on any atom is 0.0731 e. The summed E-state index contributed by atoms with van der Waals surface area (Å²) in [5.41, 5.74) is 8.11. The van der Waals surface area contributed by atoms with Crippen molar-refractivity contribution in [3.05, 3.63) is 46.6 Å². The Labute approximate surface area is 139 Å². The summed E-state index contributed by atoms with van der Waals surface area (Å²) in [5.74, 6) is 0.